The van der Waals surface area contributed by atoms with Gasteiger partial charge < -0.3 is 10.4 Å². The molecular formula is C14H19N3O2S. The molecule has 0 saturated carbocycles. The molecule has 0 radical (unpaired) electrons. The molecule has 6 heteroatoms. The lowest BCUT2D eigenvalue weighted by atomic mass is 10.3. The van der Waals surface area contributed by atoms with Crippen molar-refractivity contribution in [2.45, 2.75) is 13.3 Å². The molecule has 0 aliphatic heterocycles. The highest BCUT2D eigenvalue weighted by Gasteiger charge is 2.11. The van der Waals surface area contributed by atoms with Gasteiger partial charge in [-0.15, -0.1) is 0 Å². The normalized spacial score (nSPS) is 10.9. The second-order valence-corrected chi connectivity index (χ2v) is 5.75. The summed E-state index contributed by atoms with van der Waals surface area (Å²) in [4.78, 5) is 16.3. The number of hydrogen-bond donors (Lipinski definition) is 2. The summed E-state index contributed by atoms with van der Waals surface area (Å²) in [6, 6.07) is 3.87. The second-order valence-electron chi connectivity index (χ2n) is 4.52. The van der Waals surface area contributed by atoms with Gasteiger partial charge in [0.05, 0.1) is 6.20 Å². The number of carbonyl (C=O) groups is 1. The van der Waals surface area contributed by atoms with E-state index in [-0.39, 0.29) is 12.5 Å². The predicted molar refractivity (Wildman–Crippen MR) is 81.3 cm³/mol. The van der Waals surface area contributed by atoms with E-state index in [0.29, 0.717) is 12.2 Å². The van der Waals surface area contributed by atoms with Crippen LogP contribution in [0.1, 0.15) is 22.5 Å². The average Bonchev–Trinajstić information content (AvgIpc) is 2.85. The third-order valence-electron chi connectivity index (χ3n) is 2.86. The standard InChI is InChI=1S/C14H19N3O2S/c1-11-3-4-13-16-9-12(17(13)10-11)14(19)15-5-8-20-7-2-6-18/h3-4,9-10,18H,2,5-8H2,1H3,(H,15,19). The van der Waals surface area contributed by atoms with E-state index in [4.69, 9.17) is 5.11 Å². The Morgan fingerprint density at radius 2 is 2.30 bits per heavy atom. The van der Waals surface area contributed by atoms with Crippen LogP contribution in [0.25, 0.3) is 5.65 Å². The van der Waals surface area contributed by atoms with E-state index in [0.717, 1.165) is 29.1 Å². The maximum Gasteiger partial charge on any atom is 0.269 e. The molecule has 108 valence electrons. The van der Waals surface area contributed by atoms with Crippen molar-refractivity contribution in [1.29, 1.82) is 0 Å². The maximum atomic E-state index is 12.1. The first-order valence-electron chi connectivity index (χ1n) is 6.63. The summed E-state index contributed by atoms with van der Waals surface area (Å²) in [6.45, 7) is 2.83. The smallest absolute Gasteiger partial charge is 0.269 e. The number of aliphatic hydroxyl groups is 1. The number of nitrogens with one attached hydrogen (secondary N) is 1. The molecule has 20 heavy (non-hydrogen) atoms. The lowest BCUT2D eigenvalue weighted by Crippen LogP contribution is -2.27. The highest BCUT2D eigenvalue weighted by atomic mass is 32.2. The van der Waals surface area contributed by atoms with Crippen LogP contribution in [0.4, 0.5) is 0 Å². The monoisotopic (exact) mass is 293 g/mol. The largest absolute Gasteiger partial charge is 0.396 e. The number of pyridine rings is 1. The number of imidazole rings is 1. The number of aliphatic hydroxyl groups excluding tert-OH is 1. The van der Waals surface area contributed by atoms with Gasteiger partial charge in [-0.2, -0.15) is 11.8 Å². The molecule has 0 aromatic carbocycles. The quantitative estimate of drug-likeness (QED) is 0.759. The van der Waals surface area contributed by atoms with Crippen molar-refractivity contribution in [3.05, 3.63) is 35.8 Å². The molecule has 0 bridgehead atoms. The lowest BCUT2D eigenvalue weighted by Gasteiger charge is -2.05. The molecule has 2 heterocycles. The van der Waals surface area contributed by atoms with Crippen molar-refractivity contribution in [2.75, 3.05) is 24.7 Å². The van der Waals surface area contributed by atoms with E-state index < -0.39 is 0 Å². The number of carbonyl (C=O) groups excluding carboxylic acids is 1. The van der Waals surface area contributed by atoms with E-state index in [1.807, 2.05) is 29.7 Å². The van der Waals surface area contributed by atoms with Crippen molar-refractivity contribution in [3.8, 4) is 0 Å². The molecule has 0 saturated heterocycles. The number of fused-ring (bicyclic) bond motifs is 1. The van der Waals surface area contributed by atoms with Gasteiger partial charge in [0.15, 0.2) is 0 Å². The molecule has 0 spiro atoms. The van der Waals surface area contributed by atoms with Gasteiger partial charge in [0.25, 0.3) is 5.91 Å². The van der Waals surface area contributed by atoms with Gasteiger partial charge >= 0.3 is 0 Å². The van der Waals surface area contributed by atoms with Crippen LogP contribution in [-0.4, -0.2) is 45.1 Å². The highest BCUT2D eigenvalue weighted by molar-refractivity contribution is 7.99. The Balaban J connectivity index is 1.89. The minimum absolute atomic E-state index is 0.106. The molecule has 2 rings (SSSR count). The summed E-state index contributed by atoms with van der Waals surface area (Å²) in [6.07, 6.45) is 4.31. The van der Waals surface area contributed by atoms with Crippen LogP contribution < -0.4 is 5.32 Å². The Bertz CT molecular complexity index is 583. The van der Waals surface area contributed by atoms with Gasteiger partial charge in [-0.05, 0) is 30.7 Å². The number of rotatable bonds is 7. The van der Waals surface area contributed by atoms with E-state index >= 15 is 0 Å². The van der Waals surface area contributed by atoms with Gasteiger partial charge in [0.1, 0.15) is 11.3 Å². The molecule has 0 atom stereocenters. The summed E-state index contributed by atoms with van der Waals surface area (Å²) in [5.74, 6) is 1.66. The van der Waals surface area contributed by atoms with Crippen LogP contribution >= 0.6 is 11.8 Å². The van der Waals surface area contributed by atoms with Crippen LogP contribution in [0, 0.1) is 6.92 Å². The van der Waals surface area contributed by atoms with Crippen LogP contribution in [0.15, 0.2) is 24.5 Å². The van der Waals surface area contributed by atoms with E-state index in [1.165, 1.54) is 0 Å². The molecule has 5 nitrogen and oxygen atoms in total. The molecule has 0 aliphatic rings. The third kappa shape index (κ3) is 3.74. The zero-order valence-corrected chi connectivity index (χ0v) is 12.3. The van der Waals surface area contributed by atoms with Crippen LogP contribution in [0.5, 0.6) is 0 Å². The molecule has 1 amide bonds. The second kappa shape index (κ2) is 7.31. The fourth-order valence-corrected chi connectivity index (χ4v) is 2.63. The summed E-state index contributed by atoms with van der Waals surface area (Å²) in [7, 11) is 0. The molecule has 2 aromatic rings. The van der Waals surface area contributed by atoms with Gasteiger partial charge in [-0.1, -0.05) is 6.07 Å². The summed E-state index contributed by atoms with van der Waals surface area (Å²) < 4.78 is 1.81. The fraction of sp³-hybridized carbons (Fsp3) is 0.429. The van der Waals surface area contributed by atoms with Crippen LogP contribution in [0.2, 0.25) is 0 Å². The number of nitrogens with zero attached hydrogens (tertiary/aromatic N) is 2. The topological polar surface area (TPSA) is 66.6 Å². The molecule has 2 aromatic heterocycles. The predicted octanol–water partition coefficient (Wildman–Crippen LogP) is 1.49. The van der Waals surface area contributed by atoms with Crippen molar-refractivity contribution in [2.24, 2.45) is 0 Å². The first-order chi connectivity index (χ1) is 9.72. The number of hydrogen-bond acceptors (Lipinski definition) is 4. The molecule has 0 unspecified atom stereocenters. The first kappa shape index (κ1) is 14.9. The minimum Gasteiger partial charge on any atom is -0.396 e. The highest BCUT2D eigenvalue weighted by Crippen LogP contribution is 2.08. The summed E-state index contributed by atoms with van der Waals surface area (Å²) in [5.41, 5.74) is 2.42. The average molecular weight is 293 g/mol. The molecular weight excluding hydrogens is 274 g/mol. The first-order valence-corrected chi connectivity index (χ1v) is 7.78. The lowest BCUT2D eigenvalue weighted by molar-refractivity contribution is 0.0950. The van der Waals surface area contributed by atoms with Crippen molar-refractivity contribution in [3.63, 3.8) is 0 Å². The van der Waals surface area contributed by atoms with E-state index in [2.05, 4.69) is 10.3 Å². The zero-order valence-electron chi connectivity index (χ0n) is 11.5. The van der Waals surface area contributed by atoms with Crippen LogP contribution in [0.3, 0.4) is 0 Å². The van der Waals surface area contributed by atoms with Crippen molar-refractivity contribution < 1.29 is 9.90 Å². The van der Waals surface area contributed by atoms with E-state index in [1.54, 1.807) is 18.0 Å². The number of thioether (sulfide) groups is 1. The molecule has 0 fully saturated rings. The maximum absolute atomic E-state index is 12.1. The number of aromatic nitrogens is 2. The summed E-state index contributed by atoms with van der Waals surface area (Å²) in [5, 5.41) is 11.6. The Kier molecular flexibility index (Phi) is 5.43. The van der Waals surface area contributed by atoms with Gasteiger partial charge in [-0.3, -0.25) is 9.20 Å². The van der Waals surface area contributed by atoms with Crippen molar-refractivity contribution >= 4 is 23.3 Å². The van der Waals surface area contributed by atoms with Crippen molar-refractivity contribution in [1.82, 2.24) is 14.7 Å². The van der Waals surface area contributed by atoms with Crippen LogP contribution in [-0.2, 0) is 0 Å². The Morgan fingerprint density at radius 3 is 3.10 bits per heavy atom. The minimum atomic E-state index is -0.106. The number of amides is 1. The van der Waals surface area contributed by atoms with E-state index in [9.17, 15) is 4.79 Å². The van der Waals surface area contributed by atoms with Gasteiger partial charge in [0.2, 0.25) is 0 Å². The Morgan fingerprint density at radius 1 is 1.45 bits per heavy atom. The Labute approximate surface area is 122 Å². The molecule has 0 aliphatic carbocycles. The molecule has 2 N–H and O–H groups in total. The van der Waals surface area contributed by atoms with Gasteiger partial charge in [0, 0.05) is 25.1 Å². The van der Waals surface area contributed by atoms with Gasteiger partial charge in [-0.25, -0.2) is 4.98 Å². The third-order valence-corrected chi connectivity index (χ3v) is 3.94. The summed E-state index contributed by atoms with van der Waals surface area (Å²) >= 11 is 1.73. The zero-order chi connectivity index (χ0) is 14.4. The Hall–Kier alpha value is -1.53. The number of aryl methyl sites for hydroxylation is 1. The SMILES string of the molecule is Cc1ccc2ncc(C(=O)NCCSCCCO)n2c1. The fourth-order valence-electron chi connectivity index (χ4n) is 1.85.